The maximum Gasteiger partial charge on any atom is 0.264 e. The molecule has 10 heteroatoms. The molecule has 0 aromatic heterocycles. The molecule has 3 aromatic carbocycles. The lowest BCUT2D eigenvalue weighted by Gasteiger charge is -2.25. The van der Waals surface area contributed by atoms with Crippen LogP contribution in [0.2, 0.25) is 0 Å². The summed E-state index contributed by atoms with van der Waals surface area (Å²) in [6.07, 6.45) is 0.521. The second kappa shape index (κ2) is 10.0. The first-order valence-corrected chi connectivity index (χ1v) is 13.1. The van der Waals surface area contributed by atoms with Crippen molar-refractivity contribution in [2.24, 2.45) is 15.4 Å². The average molecular weight is 537 g/mol. The van der Waals surface area contributed by atoms with Crippen molar-refractivity contribution in [2.45, 2.75) is 38.4 Å². The molecular formula is C30H28N6O4. The Morgan fingerprint density at radius 3 is 2.20 bits per heavy atom. The van der Waals surface area contributed by atoms with E-state index in [-0.39, 0.29) is 18.5 Å². The van der Waals surface area contributed by atoms with Gasteiger partial charge in [-0.1, -0.05) is 64.9 Å². The zero-order chi connectivity index (χ0) is 28.0. The summed E-state index contributed by atoms with van der Waals surface area (Å²) in [5, 5.41) is 15.6. The summed E-state index contributed by atoms with van der Waals surface area (Å²) >= 11 is 0. The molecule has 0 bridgehead atoms. The lowest BCUT2D eigenvalue weighted by Crippen LogP contribution is -2.44. The minimum Gasteiger partial charge on any atom is -0.497 e. The number of aryl methyl sites for hydroxylation is 2. The number of ether oxygens (including phenoxy) is 1. The number of rotatable bonds is 6. The van der Waals surface area contributed by atoms with E-state index in [1.807, 2.05) is 74.5 Å². The molecule has 1 fully saturated rings. The van der Waals surface area contributed by atoms with E-state index in [4.69, 9.17) is 9.84 Å². The van der Waals surface area contributed by atoms with Gasteiger partial charge in [0.25, 0.3) is 17.7 Å². The molecule has 3 amide bonds. The second-order valence-electron chi connectivity index (χ2n) is 10.2. The predicted octanol–water partition coefficient (Wildman–Crippen LogP) is 3.98. The molecule has 0 unspecified atom stereocenters. The van der Waals surface area contributed by atoms with Crippen molar-refractivity contribution >= 4 is 29.1 Å². The molecule has 3 aliphatic rings. The first-order chi connectivity index (χ1) is 19.3. The summed E-state index contributed by atoms with van der Waals surface area (Å²) in [5.41, 5.74) is 5.24. The zero-order valence-corrected chi connectivity index (χ0v) is 22.4. The van der Waals surface area contributed by atoms with Gasteiger partial charge < -0.3 is 4.74 Å². The van der Waals surface area contributed by atoms with Gasteiger partial charge in [-0.2, -0.15) is 10.2 Å². The fourth-order valence-corrected chi connectivity index (χ4v) is 5.26. The van der Waals surface area contributed by atoms with Crippen molar-refractivity contribution in [3.63, 3.8) is 0 Å². The molecule has 6 rings (SSSR count). The number of anilines is 1. The van der Waals surface area contributed by atoms with Crippen LogP contribution in [0, 0.1) is 13.8 Å². The van der Waals surface area contributed by atoms with E-state index in [0.29, 0.717) is 17.9 Å². The Labute approximate surface area is 231 Å². The van der Waals surface area contributed by atoms with Gasteiger partial charge in [0, 0.05) is 6.42 Å². The molecule has 3 aromatic rings. The number of hydrogen-bond acceptors (Lipinski definition) is 8. The lowest BCUT2D eigenvalue weighted by atomic mass is 9.98. The normalized spacial score (nSPS) is 21.7. The minimum absolute atomic E-state index is 0.247. The molecule has 40 heavy (non-hydrogen) atoms. The van der Waals surface area contributed by atoms with Crippen LogP contribution in [0.25, 0.3) is 0 Å². The van der Waals surface area contributed by atoms with Gasteiger partial charge in [0.15, 0.2) is 12.1 Å². The number of carbonyl (C=O) groups excluding carboxylic acids is 3. The number of hydrogen-bond donors (Lipinski definition) is 0. The number of amides is 3. The molecule has 1 saturated heterocycles. The first kappa shape index (κ1) is 25.4. The zero-order valence-electron chi connectivity index (χ0n) is 22.4. The van der Waals surface area contributed by atoms with Gasteiger partial charge in [-0.25, -0.2) is 9.91 Å². The number of hydrazone groups is 1. The molecule has 0 N–H and O–H groups in total. The molecule has 0 radical (unpaired) electrons. The van der Waals surface area contributed by atoms with Crippen molar-refractivity contribution < 1.29 is 19.1 Å². The van der Waals surface area contributed by atoms with Gasteiger partial charge in [-0.05, 0) is 49.2 Å². The van der Waals surface area contributed by atoms with Crippen LogP contribution in [-0.4, -0.2) is 59.2 Å². The van der Waals surface area contributed by atoms with E-state index >= 15 is 0 Å². The quantitative estimate of drug-likeness (QED) is 0.443. The van der Waals surface area contributed by atoms with Crippen LogP contribution in [0.3, 0.4) is 0 Å². The van der Waals surface area contributed by atoms with Gasteiger partial charge in [-0.15, -0.1) is 0 Å². The van der Waals surface area contributed by atoms with Crippen LogP contribution in [0.4, 0.5) is 5.69 Å². The SMILES string of the molecule is COc1ccc([C@@H]2CC(c3ccc(C)cc3)=NN2C(=O)CN2N=N[C@@H]3C(=O)N(c4ccc(C)cc4)C(=O)[C@@H]32)cc1. The monoisotopic (exact) mass is 536 g/mol. The Morgan fingerprint density at radius 1 is 0.900 bits per heavy atom. The fraction of sp³-hybridized carbons (Fsp3) is 0.267. The molecule has 3 aliphatic heterocycles. The Bertz CT molecular complexity index is 1530. The fourth-order valence-electron chi connectivity index (χ4n) is 5.26. The summed E-state index contributed by atoms with van der Waals surface area (Å²) < 4.78 is 5.30. The number of nitrogens with zero attached hydrogens (tertiary/aromatic N) is 6. The van der Waals surface area contributed by atoms with Crippen molar-refractivity contribution in [3.05, 3.63) is 95.1 Å². The second-order valence-corrected chi connectivity index (χ2v) is 10.2. The van der Waals surface area contributed by atoms with Crippen molar-refractivity contribution in [3.8, 4) is 5.75 Å². The van der Waals surface area contributed by atoms with Gasteiger partial charge in [0.2, 0.25) is 0 Å². The molecular weight excluding hydrogens is 508 g/mol. The Hall–Kier alpha value is -4.86. The lowest BCUT2D eigenvalue weighted by molar-refractivity contribution is -0.135. The van der Waals surface area contributed by atoms with Crippen molar-refractivity contribution in [1.29, 1.82) is 0 Å². The Kier molecular flexibility index (Phi) is 6.37. The summed E-state index contributed by atoms with van der Waals surface area (Å²) in [6, 6.07) is 20.4. The van der Waals surface area contributed by atoms with Crippen molar-refractivity contribution in [2.75, 3.05) is 18.6 Å². The number of carbonyl (C=O) groups is 3. The largest absolute Gasteiger partial charge is 0.497 e. The van der Waals surface area contributed by atoms with Crippen LogP contribution in [0.15, 0.2) is 88.2 Å². The smallest absolute Gasteiger partial charge is 0.264 e. The van der Waals surface area contributed by atoms with E-state index in [1.54, 1.807) is 19.2 Å². The van der Waals surface area contributed by atoms with E-state index in [9.17, 15) is 14.4 Å². The third-order valence-electron chi connectivity index (χ3n) is 7.50. The molecule has 3 heterocycles. The van der Waals surface area contributed by atoms with E-state index < -0.39 is 23.9 Å². The highest BCUT2D eigenvalue weighted by Gasteiger charge is 2.55. The molecule has 0 saturated carbocycles. The molecule has 202 valence electrons. The van der Waals surface area contributed by atoms with Gasteiger partial charge in [-0.3, -0.25) is 19.4 Å². The van der Waals surface area contributed by atoms with Gasteiger partial charge in [0.05, 0.1) is 24.6 Å². The van der Waals surface area contributed by atoms with Gasteiger partial charge >= 0.3 is 0 Å². The number of fused-ring (bicyclic) bond motifs is 1. The van der Waals surface area contributed by atoms with Crippen LogP contribution < -0.4 is 9.64 Å². The average Bonchev–Trinajstić information content (AvgIpc) is 3.65. The first-order valence-electron chi connectivity index (χ1n) is 13.1. The summed E-state index contributed by atoms with van der Waals surface area (Å²) in [5.74, 6) is -0.537. The molecule has 0 spiro atoms. The highest BCUT2D eigenvalue weighted by Crippen LogP contribution is 2.36. The highest BCUT2D eigenvalue weighted by molar-refractivity contribution is 6.25. The van der Waals surface area contributed by atoms with E-state index in [1.165, 1.54) is 10.0 Å². The highest BCUT2D eigenvalue weighted by atomic mass is 16.5. The third-order valence-corrected chi connectivity index (χ3v) is 7.50. The van der Waals surface area contributed by atoms with Crippen LogP contribution in [-0.2, 0) is 14.4 Å². The molecule has 10 nitrogen and oxygen atoms in total. The molecule has 3 atom stereocenters. The number of benzene rings is 3. The number of methoxy groups -OCH3 is 1. The molecule has 0 aliphatic carbocycles. The standard InChI is InChI=1S/C30H28N6O4/c1-18-4-8-20(9-5-18)24-16-25(21-10-14-23(40-3)15-11-21)36(32-24)26(37)17-34-28-27(31-33-34)29(38)35(30(28)39)22-12-6-19(2)7-13-22/h4-15,25,27-28H,16-17H2,1-3H3/t25-,27-,28+/m0/s1. The van der Waals surface area contributed by atoms with Crippen LogP contribution in [0.1, 0.15) is 34.7 Å². The Balaban J connectivity index is 1.26. The minimum atomic E-state index is -0.982. The van der Waals surface area contributed by atoms with Crippen LogP contribution >= 0.6 is 0 Å². The van der Waals surface area contributed by atoms with Crippen molar-refractivity contribution in [1.82, 2.24) is 10.0 Å². The summed E-state index contributed by atoms with van der Waals surface area (Å²) in [6.45, 7) is 3.70. The Morgan fingerprint density at radius 2 is 1.55 bits per heavy atom. The third kappa shape index (κ3) is 4.41. The summed E-state index contributed by atoms with van der Waals surface area (Å²) in [7, 11) is 1.60. The number of imide groups is 1. The van der Waals surface area contributed by atoms with E-state index in [0.717, 1.165) is 32.9 Å². The van der Waals surface area contributed by atoms with E-state index in [2.05, 4.69) is 10.3 Å². The topological polar surface area (TPSA) is 107 Å². The maximum atomic E-state index is 13.7. The summed E-state index contributed by atoms with van der Waals surface area (Å²) in [4.78, 5) is 41.3. The van der Waals surface area contributed by atoms with Gasteiger partial charge in [0.1, 0.15) is 12.3 Å². The van der Waals surface area contributed by atoms with Crippen LogP contribution in [0.5, 0.6) is 5.75 Å². The predicted molar refractivity (Wildman–Crippen MR) is 148 cm³/mol. The maximum absolute atomic E-state index is 13.7.